The molecule has 1 N–H and O–H groups in total. The SMILES string of the molecule is Cc1nc2ccccc2c(=O)n1/N=C\c1cc(Br)ccc1O. The Morgan fingerprint density at radius 3 is 2.86 bits per heavy atom. The number of phenols is 1. The van der Waals surface area contributed by atoms with E-state index in [-0.39, 0.29) is 11.3 Å². The maximum Gasteiger partial charge on any atom is 0.282 e. The van der Waals surface area contributed by atoms with Crippen LogP contribution in [-0.2, 0) is 0 Å². The molecular weight excluding hydrogens is 346 g/mol. The molecule has 0 aliphatic heterocycles. The van der Waals surface area contributed by atoms with Crippen molar-refractivity contribution in [1.29, 1.82) is 0 Å². The molecule has 0 saturated heterocycles. The van der Waals surface area contributed by atoms with Gasteiger partial charge in [-0.15, -0.1) is 0 Å². The lowest BCUT2D eigenvalue weighted by molar-refractivity contribution is 0.474. The summed E-state index contributed by atoms with van der Waals surface area (Å²) in [4.78, 5) is 16.8. The molecule has 0 fully saturated rings. The van der Waals surface area contributed by atoms with Crippen LogP contribution in [0.4, 0.5) is 0 Å². The molecule has 22 heavy (non-hydrogen) atoms. The number of hydrogen-bond acceptors (Lipinski definition) is 4. The van der Waals surface area contributed by atoms with E-state index in [0.717, 1.165) is 4.47 Å². The summed E-state index contributed by atoms with van der Waals surface area (Å²) in [7, 11) is 0. The Bertz CT molecular complexity index is 948. The molecule has 0 bridgehead atoms. The van der Waals surface area contributed by atoms with Crippen LogP contribution >= 0.6 is 15.9 Å². The summed E-state index contributed by atoms with van der Waals surface area (Å²) in [5, 5.41) is 14.5. The molecular formula is C16H12BrN3O2. The number of hydrogen-bond donors (Lipinski definition) is 1. The first-order valence-corrected chi connectivity index (χ1v) is 7.37. The van der Waals surface area contributed by atoms with Gasteiger partial charge in [0.15, 0.2) is 0 Å². The van der Waals surface area contributed by atoms with Crippen molar-refractivity contribution in [3.8, 4) is 5.75 Å². The summed E-state index contributed by atoms with van der Waals surface area (Å²) in [6.45, 7) is 1.71. The van der Waals surface area contributed by atoms with Gasteiger partial charge < -0.3 is 5.11 Å². The molecule has 110 valence electrons. The molecule has 1 aromatic heterocycles. The van der Waals surface area contributed by atoms with E-state index in [0.29, 0.717) is 22.3 Å². The molecule has 0 aliphatic carbocycles. The summed E-state index contributed by atoms with van der Waals surface area (Å²) in [5.74, 6) is 0.570. The number of rotatable bonds is 2. The van der Waals surface area contributed by atoms with Crippen LogP contribution in [0, 0.1) is 6.92 Å². The Hall–Kier alpha value is -2.47. The van der Waals surface area contributed by atoms with E-state index in [9.17, 15) is 9.90 Å². The smallest absolute Gasteiger partial charge is 0.282 e. The van der Waals surface area contributed by atoms with Crippen molar-refractivity contribution in [2.24, 2.45) is 5.10 Å². The molecule has 3 aromatic rings. The first kappa shape index (κ1) is 14.5. The molecule has 0 unspecified atom stereocenters. The Balaban J connectivity index is 2.13. The number of phenolic OH excluding ortho intramolecular Hbond substituents is 1. The maximum atomic E-state index is 12.5. The fourth-order valence-corrected chi connectivity index (χ4v) is 2.50. The highest BCUT2D eigenvalue weighted by molar-refractivity contribution is 9.10. The van der Waals surface area contributed by atoms with Gasteiger partial charge in [0.25, 0.3) is 5.56 Å². The van der Waals surface area contributed by atoms with Crippen molar-refractivity contribution in [3.63, 3.8) is 0 Å². The Labute approximate surface area is 134 Å². The second-order valence-electron chi connectivity index (χ2n) is 4.74. The van der Waals surface area contributed by atoms with Crippen LogP contribution in [0.1, 0.15) is 11.4 Å². The minimum atomic E-state index is -0.242. The average Bonchev–Trinajstić information content (AvgIpc) is 2.50. The van der Waals surface area contributed by atoms with Gasteiger partial charge in [-0.05, 0) is 37.3 Å². The van der Waals surface area contributed by atoms with Gasteiger partial charge in [-0.2, -0.15) is 9.78 Å². The quantitative estimate of drug-likeness (QED) is 0.716. The topological polar surface area (TPSA) is 67.5 Å². The molecule has 0 spiro atoms. The molecule has 3 rings (SSSR count). The minimum absolute atomic E-state index is 0.0893. The first-order valence-electron chi connectivity index (χ1n) is 6.57. The maximum absolute atomic E-state index is 12.5. The number of halogens is 1. The van der Waals surface area contributed by atoms with Crippen molar-refractivity contribution in [2.45, 2.75) is 6.92 Å². The Kier molecular flexibility index (Phi) is 3.77. The summed E-state index contributed by atoms with van der Waals surface area (Å²) in [6, 6.07) is 12.1. The first-order chi connectivity index (χ1) is 10.6. The van der Waals surface area contributed by atoms with Crippen LogP contribution < -0.4 is 5.56 Å². The van der Waals surface area contributed by atoms with E-state index in [1.807, 2.05) is 6.07 Å². The van der Waals surface area contributed by atoms with Gasteiger partial charge >= 0.3 is 0 Å². The van der Waals surface area contributed by atoms with Crippen molar-refractivity contribution >= 4 is 33.0 Å². The average molecular weight is 358 g/mol. The molecule has 0 aliphatic rings. The predicted octanol–water partition coefficient (Wildman–Crippen LogP) is 3.06. The zero-order valence-corrected chi connectivity index (χ0v) is 13.3. The second kappa shape index (κ2) is 5.73. The van der Waals surface area contributed by atoms with E-state index in [4.69, 9.17) is 0 Å². The lowest BCUT2D eigenvalue weighted by atomic mass is 10.2. The second-order valence-corrected chi connectivity index (χ2v) is 5.66. The van der Waals surface area contributed by atoms with Crippen LogP contribution in [0.2, 0.25) is 0 Å². The summed E-state index contributed by atoms with van der Waals surface area (Å²) in [6.07, 6.45) is 1.44. The van der Waals surface area contributed by atoms with Gasteiger partial charge in [0.05, 0.1) is 17.1 Å². The van der Waals surface area contributed by atoms with Crippen LogP contribution in [0.3, 0.4) is 0 Å². The van der Waals surface area contributed by atoms with E-state index in [1.165, 1.54) is 10.9 Å². The number of nitrogens with zero attached hydrogens (tertiary/aromatic N) is 3. The largest absolute Gasteiger partial charge is 0.507 e. The third kappa shape index (κ3) is 2.65. The van der Waals surface area contributed by atoms with E-state index in [1.54, 1.807) is 43.3 Å². The lowest BCUT2D eigenvalue weighted by Crippen LogP contribution is -2.20. The third-order valence-electron chi connectivity index (χ3n) is 3.22. The highest BCUT2D eigenvalue weighted by Crippen LogP contribution is 2.20. The highest BCUT2D eigenvalue weighted by Gasteiger charge is 2.06. The molecule has 0 amide bonds. The van der Waals surface area contributed by atoms with Gasteiger partial charge in [-0.25, -0.2) is 4.98 Å². The fraction of sp³-hybridized carbons (Fsp3) is 0.0625. The standard InChI is InChI=1S/C16H12BrN3O2/c1-10-19-14-5-3-2-4-13(14)16(22)20(10)18-9-11-8-12(17)6-7-15(11)21/h2-9,21H,1H3/b18-9-. The Morgan fingerprint density at radius 2 is 2.05 bits per heavy atom. The summed E-state index contributed by atoms with van der Waals surface area (Å²) >= 11 is 3.33. The van der Waals surface area contributed by atoms with Gasteiger partial charge in [0.2, 0.25) is 0 Å². The van der Waals surface area contributed by atoms with Crippen LogP contribution in [0.5, 0.6) is 5.75 Å². The van der Waals surface area contributed by atoms with Crippen LogP contribution in [-0.4, -0.2) is 21.0 Å². The van der Waals surface area contributed by atoms with E-state index >= 15 is 0 Å². The molecule has 2 aromatic carbocycles. The molecule has 0 saturated carbocycles. The van der Waals surface area contributed by atoms with Gasteiger partial charge in [-0.3, -0.25) is 4.79 Å². The molecule has 0 radical (unpaired) electrons. The number of benzene rings is 2. The number of aromatic nitrogens is 2. The van der Waals surface area contributed by atoms with Crippen molar-refractivity contribution < 1.29 is 5.11 Å². The molecule has 0 atom stereocenters. The number of aromatic hydroxyl groups is 1. The van der Waals surface area contributed by atoms with Crippen molar-refractivity contribution in [1.82, 2.24) is 9.66 Å². The van der Waals surface area contributed by atoms with E-state index < -0.39 is 0 Å². The lowest BCUT2D eigenvalue weighted by Gasteiger charge is -2.05. The number of fused-ring (bicyclic) bond motifs is 1. The number of para-hydroxylation sites is 1. The van der Waals surface area contributed by atoms with Gasteiger partial charge in [0.1, 0.15) is 11.6 Å². The van der Waals surface area contributed by atoms with Crippen molar-refractivity contribution in [3.05, 3.63) is 68.7 Å². The van der Waals surface area contributed by atoms with Crippen molar-refractivity contribution in [2.75, 3.05) is 0 Å². The Morgan fingerprint density at radius 1 is 1.27 bits per heavy atom. The fourth-order valence-electron chi connectivity index (χ4n) is 2.12. The molecule has 1 heterocycles. The van der Waals surface area contributed by atoms with Gasteiger partial charge in [0, 0.05) is 10.0 Å². The number of aryl methyl sites for hydroxylation is 1. The van der Waals surface area contributed by atoms with Gasteiger partial charge in [-0.1, -0.05) is 28.1 Å². The predicted molar refractivity (Wildman–Crippen MR) is 89.5 cm³/mol. The summed E-state index contributed by atoms with van der Waals surface area (Å²) in [5.41, 5.74) is 0.907. The van der Waals surface area contributed by atoms with Crippen LogP contribution in [0.15, 0.2) is 56.8 Å². The molecule has 6 heteroatoms. The molecule has 5 nitrogen and oxygen atoms in total. The monoisotopic (exact) mass is 357 g/mol. The third-order valence-corrected chi connectivity index (χ3v) is 3.71. The zero-order valence-electron chi connectivity index (χ0n) is 11.7. The van der Waals surface area contributed by atoms with E-state index in [2.05, 4.69) is 26.0 Å². The summed E-state index contributed by atoms with van der Waals surface area (Å²) < 4.78 is 2.04. The zero-order chi connectivity index (χ0) is 15.7. The highest BCUT2D eigenvalue weighted by atomic mass is 79.9. The normalized spacial score (nSPS) is 11.4. The van der Waals surface area contributed by atoms with Crippen LogP contribution in [0.25, 0.3) is 10.9 Å². The minimum Gasteiger partial charge on any atom is -0.507 e.